The first-order valence-electron chi connectivity index (χ1n) is 13.8. The molecule has 5 rings (SSSR count). The van der Waals surface area contributed by atoms with E-state index in [9.17, 15) is 27.6 Å². The monoisotopic (exact) mass is 611 g/mol. The van der Waals surface area contributed by atoms with Crippen LogP contribution in [0.15, 0.2) is 103 Å². The summed E-state index contributed by atoms with van der Waals surface area (Å²) in [7, 11) is 3.08. The fraction of sp³-hybridized carbons (Fsp3) is 0.114. The molecule has 2 amide bonds. The van der Waals surface area contributed by atoms with Crippen LogP contribution in [-0.4, -0.2) is 30.0 Å². The third kappa shape index (κ3) is 6.35. The Bertz CT molecular complexity index is 1860. The van der Waals surface area contributed by atoms with Crippen molar-refractivity contribution in [1.29, 1.82) is 0 Å². The van der Waals surface area contributed by atoms with E-state index in [0.717, 1.165) is 23.3 Å². The van der Waals surface area contributed by atoms with Crippen LogP contribution in [0.4, 0.5) is 30.4 Å². The lowest BCUT2D eigenvalue weighted by atomic mass is 9.98. The molecule has 0 aliphatic carbocycles. The molecule has 0 saturated carbocycles. The minimum absolute atomic E-state index is 0.282. The van der Waals surface area contributed by atoms with Gasteiger partial charge in [-0.3, -0.25) is 14.5 Å². The van der Waals surface area contributed by atoms with Gasteiger partial charge in [-0.15, -0.1) is 0 Å². The van der Waals surface area contributed by atoms with E-state index in [-0.39, 0.29) is 5.56 Å². The molecule has 0 bridgehead atoms. The Labute approximate surface area is 257 Å². The Hall–Kier alpha value is -5.64. The summed E-state index contributed by atoms with van der Waals surface area (Å²) >= 11 is 0. The number of halogens is 3. The van der Waals surface area contributed by atoms with Crippen molar-refractivity contribution in [2.24, 2.45) is 7.05 Å². The third-order valence-electron chi connectivity index (χ3n) is 7.46. The first-order valence-corrected chi connectivity index (χ1v) is 13.8. The summed E-state index contributed by atoms with van der Waals surface area (Å²) in [5.74, 6) is -0.340. The van der Waals surface area contributed by atoms with E-state index in [4.69, 9.17) is 4.74 Å². The van der Waals surface area contributed by atoms with Gasteiger partial charge in [-0.05, 0) is 71.6 Å². The third-order valence-corrected chi connectivity index (χ3v) is 7.46. The standard InChI is InChI=1S/C35H28F3N3O4/c1-22-31(39-32(43)30-7-5-4-6-29(30)25-12-16-27(17-13-25)35(36,37)38)20-40(2)33(22)41(21-42)28-18-14-24(15-19-28)23-8-10-26(11-9-23)34(44)45-3/h4-21H,1-3H3,(H,39,43). The zero-order chi connectivity index (χ0) is 32.3. The van der Waals surface area contributed by atoms with Gasteiger partial charge >= 0.3 is 12.1 Å². The van der Waals surface area contributed by atoms with E-state index in [2.05, 4.69) is 5.32 Å². The normalized spacial score (nSPS) is 11.2. The number of nitrogens with one attached hydrogen (secondary N) is 1. The highest BCUT2D eigenvalue weighted by Crippen LogP contribution is 2.35. The lowest BCUT2D eigenvalue weighted by Gasteiger charge is -2.20. The number of aromatic nitrogens is 1. The van der Waals surface area contributed by atoms with Crippen molar-refractivity contribution in [3.05, 3.63) is 126 Å². The number of amides is 2. The number of rotatable bonds is 8. The van der Waals surface area contributed by atoms with Gasteiger partial charge in [0, 0.05) is 24.4 Å². The van der Waals surface area contributed by atoms with Gasteiger partial charge in [0.15, 0.2) is 0 Å². The SMILES string of the molecule is COC(=O)c1ccc(-c2ccc(N(C=O)c3c(C)c(NC(=O)c4ccccc4-c4ccc(C(F)(F)F)cc4)cn3C)cc2)cc1. The number of methoxy groups -OCH3 is 1. The van der Waals surface area contributed by atoms with Crippen molar-refractivity contribution in [1.82, 2.24) is 4.57 Å². The molecule has 1 aromatic heterocycles. The molecule has 0 fully saturated rings. The summed E-state index contributed by atoms with van der Waals surface area (Å²) in [6, 6.07) is 25.6. The van der Waals surface area contributed by atoms with Crippen molar-refractivity contribution in [3.63, 3.8) is 0 Å². The highest BCUT2D eigenvalue weighted by atomic mass is 19.4. The van der Waals surface area contributed by atoms with Gasteiger partial charge in [-0.25, -0.2) is 4.79 Å². The Morgan fingerprint density at radius 3 is 2.00 bits per heavy atom. The number of nitrogens with zero attached hydrogens (tertiary/aromatic N) is 2. The van der Waals surface area contributed by atoms with E-state index in [0.29, 0.717) is 45.9 Å². The topological polar surface area (TPSA) is 80.6 Å². The van der Waals surface area contributed by atoms with Crippen molar-refractivity contribution >= 4 is 35.5 Å². The molecule has 1 N–H and O–H groups in total. The van der Waals surface area contributed by atoms with Crippen molar-refractivity contribution in [3.8, 4) is 22.3 Å². The number of benzene rings is 4. The first-order chi connectivity index (χ1) is 21.5. The average molecular weight is 612 g/mol. The molecule has 4 aromatic carbocycles. The van der Waals surface area contributed by atoms with Crippen LogP contribution in [0.2, 0.25) is 0 Å². The van der Waals surface area contributed by atoms with Crippen LogP contribution < -0.4 is 10.2 Å². The predicted molar refractivity (Wildman–Crippen MR) is 166 cm³/mol. The smallest absolute Gasteiger partial charge is 0.416 e. The van der Waals surface area contributed by atoms with Gasteiger partial charge in [0.25, 0.3) is 5.91 Å². The number of ether oxygens (including phenoxy) is 1. The van der Waals surface area contributed by atoms with E-state index in [1.165, 1.54) is 24.1 Å². The highest BCUT2D eigenvalue weighted by molar-refractivity contribution is 6.09. The maximum atomic E-state index is 13.5. The second kappa shape index (κ2) is 12.5. The summed E-state index contributed by atoms with van der Waals surface area (Å²) in [5.41, 5.74) is 4.34. The van der Waals surface area contributed by atoms with E-state index >= 15 is 0 Å². The highest BCUT2D eigenvalue weighted by Gasteiger charge is 2.30. The second-order valence-electron chi connectivity index (χ2n) is 10.3. The summed E-state index contributed by atoms with van der Waals surface area (Å²) < 4.78 is 45.7. The molecule has 1 heterocycles. The van der Waals surface area contributed by atoms with Crippen molar-refractivity contribution < 1.29 is 32.3 Å². The van der Waals surface area contributed by atoms with Crippen molar-refractivity contribution in [2.45, 2.75) is 13.1 Å². The minimum Gasteiger partial charge on any atom is -0.465 e. The summed E-state index contributed by atoms with van der Waals surface area (Å²) in [6.07, 6.45) is -2.08. The Morgan fingerprint density at radius 2 is 1.42 bits per heavy atom. The molecule has 10 heteroatoms. The second-order valence-corrected chi connectivity index (χ2v) is 10.3. The van der Waals surface area contributed by atoms with Crippen LogP contribution >= 0.6 is 0 Å². The van der Waals surface area contributed by atoms with Crippen molar-refractivity contribution in [2.75, 3.05) is 17.3 Å². The summed E-state index contributed by atoms with van der Waals surface area (Å²) in [5, 5.41) is 2.90. The average Bonchev–Trinajstić information content (AvgIpc) is 3.32. The maximum absolute atomic E-state index is 13.5. The van der Waals surface area contributed by atoms with Gasteiger partial charge in [-0.2, -0.15) is 13.2 Å². The van der Waals surface area contributed by atoms with Crippen LogP contribution in [0, 0.1) is 6.92 Å². The molecule has 0 aliphatic rings. The molecule has 0 saturated heterocycles. The van der Waals surface area contributed by atoms with Crippen LogP contribution in [0.1, 0.15) is 31.8 Å². The first kappa shape index (κ1) is 30.8. The molecule has 45 heavy (non-hydrogen) atoms. The molecule has 0 atom stereocenters. The quantitative estimate of drug-likeness (QED) is 0.142. The zero-order valence-electron chi connectivity index (χ0n) is 24.6. The van der Waals surface area contributed by atoms with E-state index < -0.39 is 23.6 Å². The number of aryl methyl sites for hydroxylation is 1. The Kier molecular flexibility index (Phi) is 8.58. The number of esters is 1. The molecule has 228 valence electrons. The molecule has 0 unspecified atom stereocenters. The van der Waals surface area contributed by atoms with Crippen LogP contribution in [0.3, 0.4) is 0 Å². The van der Waals surface area contributed by atoms with E-state index in [1.54, 1.807) is 73.3 Å². The number of carbonyl (C=O) groups is 3. The molecular weight excluding hydrogens is 583 g/mol. The van der Waals surface area contributed by atoms with Crippen LogP contribution in [0.25, 0.3) is 22.3 Å². The minimum atomic E-state index is -4.46. The molecule has 0 radical (unpaired) electrons. The number of carbonyl (C=O) groups excluding carboxylic acids is 3. The molecular formula is C35H28F3N3O4. The maximum Gasteiger partial charge on any atom is 0.416 e. The summed E-state index contributed by atoms with van der Waals surface area (Å²) in [4.78, 5) is 39.0. The zero-order valence-corrected chi connectivity index (χ0v) is 24.6. The molecule has 0 spiro atoms. The van der Waals surface area contributed by atoms with Gasteiger partial charge < -0.3 is 14.6 Å². The largest absolute Gasteiger partial charge is 0.465 e. The fourth-order valence-corrected chi connectivity index (χ4v) is 5.14. The number of hydrogen-bond donors (Lipinski definition) is 1. The molecule has 0 aliphatic heterocycles. The van der Waals surface area contributed by atoms with Gasteiger partial charge in [0.1, 0.15) is 5.82 Å². The van der Waals surface area contributed by atoms with Crippen LogP contribution in [0.5, 0.6) is 0 Å². The Balaban J connectivity index is 1.38. The number of hydrogen-bond acceptors (Lipinski definition) is 4. The predicted octanol–water partition coefficient (Wildman–Crippen LogP) is 8.02. The Morgan fingerprint density at radius 1 is 0.844 bits per heavy atom. The van der Waals surface area contributed by atoms with Gasteiger partial charge in [-0.1, -0.05) is 54.6 Å². The van der Waals surface area contributed by atoms with Crippen LogP contribution in [-0.2, 0) is 22.8 Å². The lowest BCUT2D eigenvalue weighted by molar-refractivity contribution is -0.137. The molecule has 7 nitrogen and oxygen atoms in total. The summed E-state index contributed by atoms with van der Waals surface area (Å²) in [6.45, 7) is 1.78. The molecule has 5 aromatic rings. The number of anilines is 3. The lowest BCUT2D eigenvalue weighted by Crippen LogP contribution is -2.18. The van der Waals surface area contributed by atoms with Gasteiger partial charge in [0.2, 0.25) is 6.41 Å². The van der Waals surface area contributed by atoms with Gasteiger partial charge in [0.05, 0.1) is 29.6 Å². The van der Waals surface area contributed by atoms with E-state index in [1.807, 2.05) is 24.3 Å². The fourth-order valence-electron chi connectivity index (χ4n) is 5.14. The number of alkyl halides is 3.